The Labute approximate surface area is 165 Å². The zero-order valence-electron chi connectivity index (χ0n) is 16.2. The predicted molar refractivity (Wildman–Crippen MR) is 107 cm³/mol. The van der Waals surface area contributed by atoms with E-state index in [2.05, 4.69) is 18.7 Å². The van der Waals surface area contributed by atoms with E-state index < -0.39 is 5.97 Å². The average Bonchev–Trinajstić information content (AvgIpc) is 2.66. The van der Waals surface area contributed by atoms with Crippen molar-refractivity contribution in [1.82, 2.24) is 4.90 Å². The van der Waals surface area contributed by atoms with Crippen LogP contribution in [-0.4, -0.2) is 53.7 Å². The lowest BCUT2D eigenvalue weighted by Gasteiger charge is -2.35. The van der Waals surface area contributed by atoms with Gasteiger partial charge in [0.15, 0.2) is 0 Å². The van der Waals surface area contributed by atoms with Crippen molar-refractivity contribution in [3.8, 4) is 0 Å². The van der Waals surface area contributed by atoms with Crippen molar-refractivity contribution in [2.45, 2.75) is 32.6 Å². The van der Waals surface area contributed by atoms with Crippen LogP contribution in [0.15, 0.2) is 54.6 Å². The molecule has 1 amide bonds. The Morgan fingerprint density at radius 2 is 1.64 bits per heavy atom. The molecule has 148 valence electrons. The zero-order valence-corrected chi connectivity index (χ0v) is 16.2. The van der Waals surface area contributed by atoms with E-state index in [-0.39, 0.29) is 24.7 Å². The van der Waals surface area contributed by atoms with Gasteiger partial charge in [-0.1, -0.05) is 30.3 Å². The number of benzene rings is 2. The van der Waals surface area contributed by atoms with Gasteiger partial charge < -0.3 is 9.84 Å². The van der Waals surface area contributed by atoms with Crippen LogP contribution in [0.5, 0.6) is 0 Å². The molecule has 0 radical (unpaired) electrons. The van der Waals surface area contributed by atoms with E-state index >= 15 is 0 Å². The minimum Gasteiger partial charge on any atom is -0.480 e. The Balaban J connectivity index is 1.72. The van der Waals surface area contributed by atoms with Gasteiger partial charge >= 0.3 is 5.97 Å². The molecule has 6 nitrogen and oxygen atoms in total. The van der Waals surface area contributed by atoms with Crippen LogP contribution >= 0.6 is 0 Å². The maximum absolute atomic E-state index is 12.9. The second-order valence-electron chi connectivity index (χ2n) is 7.27. The first-order valence-electron chi connectivity index (χ1n) is 9.48. The van der Waals surface area contributed by atoms with Gasteiger partial charge in [-0.25, -0.2) is 0 Å². The Kier molecular flexibility index (Phi) is 6.44. The van der Waals surface area contributed by atoms with Gasteiger partial charge in [0.05, 0.1) is 12.2 Å². The highest BCUT2D eigenvalue weighted by Crippen LogP contribution is 2.19. The molecule has 1 aliphatic heterocycles. The van der Waals surface area contributed by atoms with Crippen molar-refractivity contribution in [2.75, 3.05) is 24.5 Å². The summed E-state index contributed by atoms with van der Waals surface area (Å²) >= 11 is 0. The quantitative estimate of drug-likeness (QED) is 0.832. The van der Waals surface area contributed by atoms with Gasteiger partial charge in [-0.2, -0.15) is 0 Å². The molecule has 1 N–H and O–H groups in total. The van der Waals surface area contributed by atoms with Crippen LogP contribution in [0, 0.1) is 0 Å². The summed E-state index contributed by atoms with van der Waals surface area (Å²) in [5.74, 6) is -1.38. The molecule has 0 aromatic heterocycles. The molecule has 1 heterocycles. The van der Waals surface area contributed by atoms with Crippen LogP contribution in [0.3, 0.4) is 0 Å². The largest absolute Gasteiger partial charge is 0.480 e. The summed E-state index contributed by atoms with van der Waals surface area (Å²) in [4.78, 5) is 27.8. The number of anilines is 1. The maximum atomic E-state index is 12.9. The highest BCUT2D eigenvalue weighted by atomic mass is 16.5. The van der Waals surface area contributed by atoms with Crippen molar-refractivity contribution in [3.63, 3.8) is 0 Å². The number of para-hydroxylation sites is 1. The van der Waals surface area contributed by atoms with E-state index in [0.717, 1.165) is 25.2 Å². The molecular formula is C22H26N2O4. The fourth-order valence-electron chi connectivity index (χ4n) is 3.60. The predicted octanol–water partition coefficient (Wildman–Crippen LogP) is 3.03. The second-order valence-corrected chi connectivity index (χ2v) is 7.27. The van der Waals surface area contributed by atoms with Crippen LogP contribution in [-0.2, 0) is 16.1 Å². The van der Waals surface area contributed by atoms with Crippen LogP contribution in [0.4, 0.5) is 5.69 Å². The molecule has 28 heavy (non-hydrogen) atoms. The summed E-state index contributed by atoms with van der Waals surface area (Å²) in [6, 6.07) is 16.3. The third-order valence-electron chi connectivity index (χ3n) is 4.71. The number of morpholine rings is 1. The number of hydrogen-bond acceptors (Lipinski definition) is 4. The monoisotopic (exact) mass is 382 g/mol. The summed E-state index contributed by atoms with van der Waals surface area (Å²) in [6.45, 7) is 6.32. The molecular weight excluding hydrogens is 356 g/mol. The first-order valence-corrected chi connectivity index (χ1v) is 9.48. The van der Waals surface area contributed by atoms with E-state index in [0.29, 0.717) is 11.3 Å². The average molecular weight is 382 g/mol. The molecule has 1 saturated heterocycles. The SMILES string of the molecule is CC1CN(Cc2ccc(C(=O)N(CC(=O)O)c3ccccc3)cc2)CC(C)O1. The fraction of sp³-hybridized carbons (Fsp3) is 0.364. The number of carbonyl (C=O) groups excluding carboxylic acids is 1. The summed E-state index contributed by atoms with van der Waals surface area (Å²) < 4.78 is 5.76. The van der Waals surface area contributed by atoms with Crippen LogP contribution in [0.1, 0.15) is 29.8 Å². The van der Waals surface area contributed by atoms with Gasteiger partial charge in [0.25, 0.3) is 5.91 Å². The minimum absolute atomic E-state index is 0.208. The third kappa shape index (κ3) is 5.18. The van der Waals surface area contributed by atoms with Crippen molar-refractivity contribution in [3.05, 3.63) is 65.7 Å². The number of hydrogen-bond donors (Lipinski definition) is 1. The molecule has 2 atom stereocenters. The lowest BCUT2D eigenvalue weighted by atomic mass is 10.1. The number of carboxylic acid groups (broad SMARTS) is 1. The number of nitrogens with zero attached hydrogens (tertiary/aromatic N) is 2. The number of carboxylic acids is 1. The van der Waals surface area contributed by atoms with Gasteiger partial charge in [-0.3, -0.25) is 19.4 Å². The molecule has 3 rings (SSSR count). The van der Waals surface area contributed by atoms with Gasteiger partial charge in [0.1, 0.15) is 6.54 Å². The lowest BCUT2D eigenvalue weighted by molar-refractivity contribution is -0.135. The standard InChI is InChI=1S/C22H26N2O4/c1-16-12-23(13-17(2)28-16)14-18-8-10-19(11-9-18)22(27)24(15-21(25)26)20-6-4-3-5-7-20/h3-11,16-17H,12-15H2,1-2H3,(H,25,26). The van der Waals surface area contributed by atoms with E-state index in [9.17, 15) is 14.7 Å². The maximum Gasteiger partial charge on any atom is 0.323 e. The molecule has 2 aromatic rings. The number of ether oxygens (including phenoxy) is 1. The third-order valence-corrected chi connectivity index (χ3v) is 4.71. The van der Waals surface area contributed by atoms with E-state index in [1.807, 2.05) is 18.2 Å². The second kappa shape index (κ2) is 8.99. The van der Waals surface area contributed by atoms with Crippen LogP contribution < -0.4 is 4.90 Å². The molecule has 1 aliphatic rings. The molecule has 1 fully saturated rings. The topological polar surface area (TPSA) is 70.1 Å². The van der Waals surface area contributed by atoms with Crippen LogP contribution in [0.2, 0.25) is 0 Å². The Hall–Kier alpha value is -2.70. The van der Waals surface area contributed by atoms with Crippen molar-refractivity contribution >= 4 is 17.6 Å². The van der Waals surface area contributed by atoms with Crippen molar-refractivity contribution in [2.24, 2.45) is 0 Å². The smallest absolute Gasteiger partial charge is 0.323 e. The summed E-state index contributed by atoms with van der Waals surface area (Å²) in [5.41, 5.74) is 2.15. The number of carbonyl (C=O) groups is 2. The Morgan fingerprint density at radius 3 is 2.21 bits per heavy atom. The Bertz CT molecular complexity index is 797. The molecule has 6 heteroatoms. The molecule has 0 aliphatic carbocycles. The van der Waals surface area contributed by atoms with Gasteiger partial charge in [0.2, 0.25) is 0 Å². The van der Waals surface area contributed by atoms with Gasteiger partial charge in [-0.05, 0) is 43.7 Å². The highest BCUT2D eigenvalue weighted by Gasteiger charge is 2.23. The molecule has 0 bridgehead atoms. The Morgan fingerprint density at radius 1 is 1.04 bits per heavy atom. The molecule has 2 unspecified atom stereocenters. The first-order chi connectivity index (χ1) is 13.4. The zero-order chi connectivity index (χ0) is 20.1. The van der Waals surface area contributed by atoms with Crippen LogP contribution in [0.25, 0.3) is 0 Å². The molecule has 0 saturated carbocycles. The highest BCUT2D eigenvalue weighted by molar-refractivity contribution is 6.08. The van der Waals surface area contributed by atoms with Gasteiger partial charge in [-0.15, -0.1) is 0 Å². The number of aliphatic carboxylic acids is 1. The van der Waals surface area contributed by atoms with Gasteiger partial charge in [0, 0.05) is 30.9 Å². The fourth-order valence-corrected chi connectivity index (χ4v) is 3.60. The lowest BCUT2D eigenvalue weighted by Crippen LogP contribution is -2.44. The minimum atomic E-state index is -1.05. The van der Waals surface area contributed by atoms with E-state index in [4.69, 9.17) is 4.74 Å². The van der Waals surface area contributed by atoms with Crippen molar-refractivity contribution < 1.29 is 19.4 Å². The first kappa shape index (κ1) is 20.0. The van der Waals surface area contributed by atoms with E-state index in [1.54, 1.807) is 36.4 Å². The normalized spacial score (nSPS) is 19.9. The number of amides is 1. The summed E-state index contributed by atoms with van der Waals surface area (Å²) in [7, 11) is 0. The molecule has 2 aromatic carbocycles. The summed E-state index contributed by atoms with van der Waals surface area (Å²) in [5, 5.41) is 9.20. The van der Waals surface area contributed by atoms with E-state index in [1.165, 1.54) is 4.90 Å². The summed E-state index contributed by atoms with van der Waals surface area (Å²) in [6.07, 6.45) is 0.417. The molecule has 0 spiro atoms. The number of rotatable bonds is 6. The van der Waals surface area contributed by atoms with Crippen molar-refractivity contribution in [1.29, 1.82) is 0 Å².